The number of hydrogen-bond donors (Lipinski definition) is 1. The fraction of sp³-hybridized carbons (Fsp3) is 0.600. The van der Waals surface area contributed by atoms with Crippen LogP contribution < -0.4 is 5.32 Å². The van der Waals surface area contributed by atoms with Gasteiger partial charge in [-0.3, -0.25) is 9.59 Å². The largest absolute Gasteiger partial charge is 0.370 e. The van der Waals surface area contributed by atoms with E-state index in [0.717, 1.165) is 51.6 Å². The lowest BCUT2D eigenvalue weighted by molar-refractivity contribution is -0.138. The van der Waals surface area contributed by atoms with Crippen LogP contribution in [0.2, 0.25) is 5.02 Å². The van der Waals surface area contributed by atoms with Gasteiger partial charge in [-0.1, -0.05) is 11.6 Å². The average Bonchev–Trinajstić information content (AvgIpc) is 3.45. The Morgan fingerprint density at radius 1 is 1.22 bits per heavy atom. The molecule has 4 rings (SSSR count). The van der Waals surface area contributed by atoms with Crippen LogP contribution >= 0.6 is 11.6 Å². The maximum Gasteiger partial charge on any atom is 0.251 e. The number of amides is 2. The predicted molar refractivity (Wildman–Crippen MR) is 99.1 cm³/mol. The van der Waals surface area contributed by atoms with Gasteiger partial charge >= 0.3 is 0 Å². The van der Waals surface area contributed by atoms with Gasteiger partial charge in [0.05, 0.1) is 16.7 Å². The number of nitrogens with one attached hydrogen (secondary N) is 1. The molecule has 1 aromatic rings. The molecule has 0 bridgehead atoms. The van der Waals surface area contributed by atoms with Crippen molar-refractivity contribution in [3.8, 4) is 0 Å². The van der Waals surface area contributed by atoms with Gasteiger partial charge in [0.2, 0.25) is 5.91 Å². The van der Waals surface area contributed by atoms with Gasteiger partial charge < -0.3 is 15.0 Å². The molecule has 1 aliphatic carbocycles. The lowest BCUT2D eigenvalue weighted by Gasteiger charge is -2.39. The number of benzene rings is 1. The van der Waals surface area contributed by atoms with E-state index >= 15 is 0 Å². The van der Waals surface area contributed by atoms with E-state index in [2.05, 4.69) is 5.32 Å². The molecule has 7 heteroatoms. The Bertz CT molecular complexity index is 745. The minimum atomic E-state index is -0.541. The first-order valence-electron chi connectivity index (χ1n) is 9.66. The van der Waals surface area contributed by atoms with Crippen LogP contribution in [0.3, 0.4) is 0 Å². The molecule has 1 N–H and O–H groups in total. The van der Waals surface area contributed by atoms with Gasteiger partial charge in [0.15, 0.2) is 0 Å². The molecular weight excluding hydrogens is 371 g/mol. The zero-order valence-electron chi connectivity index (χ0n) is 15.2. The molecule has 2 saturated heterocycles. The summed E-state index contributed by atoms with van der Waals surface area (Å²) in [6.07, 6.45) is 5.63. The van der Waals surface area contributed by atoms with Crippen molar-refractivity contribution in [3.63, 3.8) is 0 Å². The van der Waals surface area contributed by atoms with Crippen molar-refractivity contribution in [2.24, 2.45) is 5.92 Å². The third-order valence-corrected chi connectivity index (χ3v) is 6.21. The number of carbonyl (C=O) groups excluding carboxylic acids is 2. The van der Waals surface area contributed by atoms with Crippen LogP contribution in [0.5, 0.6) is 0 Å². The van der Waals surface area contributed by atoms with Gasteiger partial charge in [-0.05, 0) is 56.7 Å². The average molecular weight is 395 g/mol. The highest BCUT2D eigenvalue weighted by molar-refractivity contribution is 6.31. The summed E-state index contributed by atoms with van der Waals surface area (Å²) >= 11 is 5.73. The number of likely N-dealkylation sites (tertiary alicyclic amines) is 1. The summed E-state index contributed by atoms with van der Waals surface area (Å²) in [5.74, 6) is -0.247. The standard InChI is InChI=1S/C20H24ClFN2O3/c21-16-11-14(3-4-17(16)22)18(25)23-12-15-5-6-20(27-15)7-9-24(10-8-20)19(26)13-1-2-13/h3-4,11,13,15H,1-2,5-10,12H2,(H,23,25)/t15-/m0/s1. The van der Waals surface area contributed by atoms with Crippen LogP contribution in [-0.2, 0) is 9.53 Å². The smallest absolute Gasteiger partial charge is 0.251 e. The van der Waals surface area contributed by atoms with Gasteiger partial charge in [-0.15, -0.1) is 0 Å². The van der Waals surface area contributed by atoms with Crippen LogP contribution in [-0.4, -0.2) is 48.1 Å². The second-order valence-corrected chi connectivity index (χ2v) is 8.31. The van der Waals surface area contributed by atoms with Crippen LogP contribution in [0.15, 0.2) is 18.2 Å². The molecule has 146 valence electrons. The molecule has 5 nitrogen and oxygen atoms in total. The van der Waals surface area contributed by atoms with Crippen molar-refractivity contribution in [2.75, 3.05) is 19.6 Å². The highest BCUT2D eigenvalue weighted by Gasteiger charge is 2.44. The molecular formula is C20H24ClFN2O3. The van der Waals surface area contributed by atoms with E-state index in [4.69, 9.17) is 16.3 Å². The molecule has 3 aliphatic rings. The zero-order chi connectivity index (χ0) is 19.0. The molecule has 2 heterocycles. The van der Waals surface area contributed by atoms with E-state index in [1.165, 1.54) is 18.2 Å². The molecule has 1 atom stereocenters. The van der Waals surface area contributed by atoms with E-state index in [1.54, 1.807) is 0 Å². The van der Waals surface area contributed by atoms with E-state index in [1.807, 2.05) is 4.90 Å². The summed E-state index contributed by atoms with van der Waals surface area (Å²) in [4.78, 5) is 26.4. The van der Waals surface area contributed by atoms with Gasteiger partial charge in [-0.25, -0.2) is 4.39 Å². The third kappa shape index (κ3) is 4.11. The van der Waals surface area contributed by atoms with Crippen molar-refractivity contribution in [2.45, 2.75) is 50.2 Å². The van der Waals surface area contributed by atoms with Crippen LogP contribution in [0.1, 0.15) is 48.9 Å². The Kier molecular flexibility index (Phi) is 5.12. The van der Waals surface area contributed by atoms with Gasteiger partial charge in [0, 0.05) is 31.1 Å². The molecule has 3 fully saturated rings. The quantitative estimate of drug-likeness (QED) is 0.853. The number of rotatable bonds is 4. The summed E-state index contributed by atoms with van der Waals surface area (Å²) < 4.78 is 19.5. The molecule has 0 radical (unpaired) electrons. The number of piperidine rings is 1. The number of nitrogens with zero attached hydrogens (tertiary/aromatic N) is 1. The highest BCUT2D eigenvalue weighted by Crippen LogP contribution is 2.40. The van der Waals surface area contributed by atoms with Crippen molar-refractivity contribution in [1.29, 1.82) is 0 Å². The molecule has 2 amide bonds. The van der Waals surface area contributed by atoms with Crippen molar-refractivity contribution >= 4 is 23.4 Å². The second kappa shape index (κ2) is 7.40. The Hall–Kier alpha value is -1.66. The number of halogens is 2. The fourth-order valence-corrected chi connectivity index (χ4v) is 4.26. The topological polar surface area (TPSA) is 58.6 Å². The van der Waals surface area contributed by atoms with E-state index in [0.29, 0.717) is 18.0 Å². The molecule has 27 heavy (non-hydrogen) atoms. The van der Waals surface area contributed by atoms with E-state index in [9.17, 15) is 14.0 Å². The number of hydrogen-bond acceptors (Lipinski definition) is 3. The maximum absolute atomic E-state index is 13.2. The van der Waals surface area contributed by atoms with Crippen molar-refractivity contribution in [1.82, 2.24) is 10.2 Å². The lowest BCUT2D eigenvalue weighted by Crippen LogP contribution is -2.47. The summed E-state index contributed by atoms with van der Waals surface area (Å²) in [6.45, 7) is 1.95. The summed E-state index contributed by atoms with van der Waals surface area (Å²) in [6, 6.07) is 3.94. The van der Waals surface area contributed by atoms with E-state index in [-0.39, 0.29) is 28.6 Å². The molecule has 0 aromatic heterocycles. The fourth-order valence-electron chi connectivity index (χ4n) is 4.08. The summed E-state index contributed by atoms with van der Waals surface area (Å²) in [5.41, 5.74) is 0.176. The van der Waals surface area contributed by atoms with Gasteiger partial charge in [-0.2, -0.15) is 0 Å². The number of ether oxygens (including phenoxy) is 1. The first-order chi connectivity index (χ1) is 13.0. The minimum absolute atomic E-state index is 0.0319. The van der Waals surface area contributed by atoms with Gasteiger partial charge in [0.25, 0.3) is 5.91 Å². The number of carbonyl (C=O) groups is 2. The third-order valence-electron chi connectivity index (χ3n) is 5.92. The first kappa shape index (κ1) is 18.7. The predicted octanol–water partition coefficient (Wildman–Crippen LogP) is 3.16. The highest BCUT2D eigenvalue weighted by atomic mass is 35.5. The van der Waals surface area contributed by atoms with E-state index < -0.39 is 5.82 Å². The van der Waals surface area contributed by atoms with Crippen LogP contribution in [0, 0.1) is 11.7 Å². The SMILES string of the molecule is O=C(NC[C@@H]1CCC2(CCN(C(=O)C3CC3)CC2)O1)c1ccc(F)c(Cl)c1. The van der Waals surface area contributed by atoms with Crippen LogP contribution in [0.25, 0.3) is 0 Å². The Labute approximate surface area is 163 Å². The normalized spacial score (nSPS) is 24.2. The summed E-state index contributed by atoms with van der Waals surface area (Å²) in [5, 5.41) is 2.79. The van der Waals surface area contributed by atoms with Crippen molar-refractivity contribution < 1.29 is 18.7 Å². The Morgan fingerprint density at radius 2 is 1.96 bits per heavy atom. The monoisotopic (exact) mass is 394 g/mol. The first-order valence-corrected chi connectivity index (χ1v) is 10.0. The molecule has 1 spiro atoms. The van der Waals surface area contributed by atoms with Gasteiger partial charge in [0.1, 0.15) is 5.82 Å². The zero-order valence-corrected chi connectivity index (χ0v) is 15.9. The lowest BCUT2D eigenvalue weighted by atomic mass is 9.88. The minimum Gasteiger partial charge on any atom is -0.370 e. The maximum atomic E-state index is 13.2. The molecule has 1 aromatic carbocycles. The molecule has 1 saturated carbocycles. The van der Waals surface area contributed by atoms with Crippen molar-refractivity contribution in [3.05, 3.63) is 34.6 Å². The Morgan fingerprint density at radius 3 is 2.63 bits per heavy atom. The molecule has 2 aliphatic heterocycles. The van der Waals surface area contributed by atoms with Crippen LogP contribution in [0.4, 0.5) is 4.39 Å². The summed E-state index contributed by atoms with van der Waals surface area (Å²) in [7, 11) is 0. The second-order valence-electron chi connectivity index (χ2n) is 7.90. The Balaban J connectivity index is 1.25. The molecule has 0 unspecified atom stereocenters.